The minimum absolute atomic E-state index is 0.114. The summed E-state index contributed by atoms with van der Waals surface area (Å²) in [6, 6.07) is 5.35. The molecule has 0 unspecified atom stereocenters. The summed E-state index contributed by atoms with van der Waals surface area (Å²) in [5.74, 6) is 1.23. The first-order chi connectivity index (χ1) is 10.1. The van der Waals surface area contributed by atoms with E-state index >= 15 is 0 Å². The third-order valence-corrected chi connectivity index (χ3v) is 4.19. The van der Waals surface area contributed by atoms with Crippen LogP contribution in [0.1, 0.15) is 30.2 Å². The van der Waals surface area contributed by atoms with Crippen LogP contribution >= 0.6 is 23.4 Å². The maximum atomic E-state index is 11.9. The number of amides is 1. The number of hydrogen-bond acceptors (Lipinski definition) is 5. The minimum Gasteiger partial charge on any atom is -0.416 e. The van der Waals surface area contributed by atoms with Gasteiger partial charge in [-0.05, 0) is 43.5 Å². The summed E-state index contributed by atoms with van der Waals surface area (Å²) in [5.41, 5.74) is 1.68. The van der Waals surface area contributed by atoms with Gasteiger partial charge in [0.2, 0.25) is 11.8 Å². The maximum Gasteiger partial charge on any atom is 0.277 e. The first-order valence-electron chi connectivity index (χ1n) is 6.64. The Bertz CT molecular complexity index is 670. The number of benzene rings is 1. The van der Waals surface area contributed by atoms with E-state index in [2.05, 4.69) is 15.5 Å². The van der Waals surface area contributed by atoms with Crippen LogP contribution in [0.25, 0.3) is 0 Å². The standard InChI is InChI=1S/C14H14ClN3O2S/c1-8-6-10(15)4-5-11(8)16-12(19)7-21-14-18-17-13(20-14)9-2-3-9/h4-6,9H,2-3,7H2,1H3,(H,16,19). The van der Waals surface area contributed by atoms with E-state index in [1.807, 2.05) is 13.0 Å². The largest absolute Gasteiger partial charge is 0.416 e. The van der Waals surface area contributed by atoms with Crippen molar-refractivity contribution in [3.8, 4) is 0 Å². The van der Waals surface area contributed by atoms with Gasteiger partial charge in [0.05, 0.1) is 5.75 Å². The number of carbonyl (C=O) groups is 1. The summed E-state index contributed by atoms with van der Waals surface area (Å²) < 4.78 is 5.49. The Balaban J connectivity index is 1.53. The molecule has 1 heterocycles. The highest BCUT2D eigenvalue weighted by Crippen LogP contribution is 2.39. The van der Waals surface area contributed by atoms with Gasteiger partial charge in [0, 0.05) is 16.6 Å². The highest BCUT2D eigenvalue weighted by molar-refractivity contribution is 7.99. The van der Waals surface area contributed by atoms with E-state index in [0.717, 1.165) is 24.1 Å². The second-order valence-corrected chi connectivity index (χ2v) is 6.34. The van der Waals surface area contributed by atoms with Crippen LogP contribution in [0.5, 0.6) is 0 Å². The summed E-state index contributed by atoms with van der Waals surface area (Å²) >= 11 is 7.13. The molecular weight excluding hydrogens is 310 g/mol. The molecule has 0 radical (unpaired) electrons. The molecule has 1 saturated carbocycles. The van der Waals surface area contributed by atoms with Crippen LogP contribution in [0, 0.1) is 6.92 Å². The van der Waals surface area contributed by atoms with Crippen molar-refractivity contribution >= 4 is 35.0 Å². The summed E-state index contributed by atoms with van der Waals surface area (Å²) in [5, 5.41) is 11.9. The topological polar surface area (TPSA) is 68.0 Å². The van der Waals surface area contributed by atoms with Gasteiger partial charge in [-0.2, -0.15) is 0 Å². The maximum absolute atomic E-state index is 11.9. The lowest BCUT2D eigenvalue weighted by atomic mass is 10.2. The number of nitrogens with zero attached hydrogens (tertiary/aromatic N) is 2. The van der Waals surface area contributed by atoms with E-state index in [0.29, 0.717) is 22.1 Å². The van der Waals surface area contributed by atoms with Gasteiger partial charge in [0.25, 0.3) is 5.22 Å². The molecule has 2 aromatic rings. The number of rotatable bonds is 5. The molecule has 110 valence electrons. The first-order valence-corrected chi connectivity index (χ1v) is 8.00. The molecule has 0 aliphatic heterocycles. The number of nitrogens with one attached hydrogen (secondary N) is 1. The monoisotopic (exact) mass is 323 g/mol. The molecule has 0 atom stereocenters. The van der Waals surface area contributed by atoms with E-state index in [4.69, 9.17) is 16.0 Å². The lowest BCUT2D eigenvalue weighted by Gasteiger charge is -2.07. The van der Waals surface area contributed by atoms with Crippen LogP contribution in [0.15, 0.2) is 27.8 Å². The number of anilines is 1. The molecule has 1 aliphatic rings. The highest BCUT2D eigenvalue weighted by atomic mass is 35.5. The molecule has 0 bridgehead atoms. The van der Waals surface area contributed by atoms with Gasteiger partial charge in [0.15, 0.2) is 0 Å². The molecule has 1 aliphatic carbocycles. The van der Waals surface area contributed by atoms with Crippen LogP contribution in [0.3, 0.4) is 0 Å². The fraction of sp³-hybridized carbons (Fsp3) is 0.357. The van der Waals surface area contributed by atoms with Gasteiger partial charge in [-0.1, -0.05) is 23.4 Å². The molecule has 1 amide bonds. The number of thioether (sulfide) groups is 1. The van der Waals surface area contributed by atoms with Crippen LogP contribution in [0.4, 0.5) is 5.69 Å². The molecule has 5 nitrogen and oxygen atoms in total. The van der Waals surface area contributed by atoms with Crippen LogP contribution < -0.4 is 5.32 Å². The van der Waals surface area contributed by atoms with Crippen molar-refractivity contribution < 1.29 is 9.21 Å². The molecule has 0 saturated heterocycles. The summed E-state index contributed by atoms with van der Waals surface area (Å²) in [6.07, 6.45) is 2.23. The Morgan fingerprint density at radius 1 is 1.48 bits per heavy atom. The lowest BCUT2D eigenvalue weighted by Crippen LogP contribution is -2.14. The van der Waals surface area contributed by atoms with Crippen LogP contribution in [0.2, 0.25) is 5.02 Å². The Hall–Kier alpha value is -1.53. The predicted molar refractivity (Wildman–Crippen MR) is 81.8 cm³/mol. The fourth-order valence-electron chi connectivity index (χ4n) is 1.85. The van der Waals surface area contributed by atoms with E-state index in [9.17, 15) is 4.79 Å². The van der Waals surface area contributed by atoms with Crippen molar-refractivity contribution in [2.24, 2.45) is 0 Å². The van der Waals surface area contributed by atoms with Gasteiger partial charge >= 0.3 is 0 Å². The second-order valence-electron chi connectivity index (χ2n) is 4.98. The SMILES string of the molecule is Cc1cc(Cl)ccc1NC(=O)CSc1nnc(C2CC2)o1. The zero-order valence-corrected chi connectivity index (χ0v) is 13.0. The molecule has 3 rings (SSSR count). The van der Waals surface area contributed by atoms with Crippen molar-refractivity contribution in [2.45, 2.75) is 30.9 Å². The van der Waals surface area contributed by atoms with Gasteiger partial charge in [-0.15, -0.1) is 10.2 Å². The molecule has 1 aromatic heterocycles. The van der Waals surface area contributed by atoms with Crippen molar-refractivity contribution in [3.63, 3.8) is 0 Å². The molecule has 1 aromatic carbocycles. The van der Waals surface area contributed by atoms with E-state index in [1.165, 1.54) is 11.8 Å². The molecular formula is C14H14ClN3O2S. The summed E-state index contributed by atoms with van der Waals surface area (Å²) in [6.45, 7) is 1.90. The van der Waals surface area contributed by atoms with E-state index < -0.39 is 0 Å². The van der Waals surface area contributed by atoms with Crippen molar-refractivity contribution in [1.82, 2.24) is 10.2 Å². The lowest BCUT2D eigenvalue weighted by molar-refractivity contribution is -0.113. The number of hydrogen-bond donors (Lipinski definition) is 1. The Morgan fingerprint density at radius 2 is 2.29 bits per heavy atom. The molecule has 21 heavy (non-hydrogen) atoms. The van der Waals surface area contributed by atoms with Gasteiger partial charge in [-0.25, -0.2) is 0 Å². The predicted octanol–water partition coefficient (Wildman–Crippen LogP) is 3.64. The van der Waals surface area contributed by atoms with Gasteiger partial charge in [0.1, 0.15) is 0 Å². The normalized spacial score (nSPS) is 14.2. The first kappa shape index (κ1) is 14.4. The average Bonchev–Trinajstić information content (AvgIpc) is 3.19. The Labute approximate surface area is 131 Å². The summed E-state index contributed by atoms with van der Waals surface area (Å²) in [7, 11) is 0. The van der Waals surface area contributed by atoms with Gasteiger partial charge in [-0.3, -0.25) is 4.79 Å². The Morgan fingerprint density at radius 3 is 3.00 bits per heavy atom. The minimum atomic E-state index is -0.114. The molecule has 1 N–H and O–H groups in total. The zero-order valence-electron chi connectivity index (χ0n) is 11.4. The molecule has 7 heteroatoms. The highest BCUT2D eigenvalue weighted by Gasteiger charge is 2.29. The van der Waals surface area contributed by atoms with Crippen molar-refractivity contribution in [2.75, 3.05) is 11.1 Å². The summed E-state index contributed by atoms with van der Waals surface area (Å²) in [4.78, 5) is 11.9. The quantitative estimate of drug-likeness (QED) is 0.851. The average molecular weight is 324 g/mol. The molecule has 0 spiro atoms. The third kappa shape index (κ3) is 3.77. The Kier molecular flexibility index (Phi) is 4.17. The number of aromatic nitrogens is 2. The smallest absolute Gasteiger partial charge is 0.277 e. The number of carbonyl (C=O) groups excluding carboxylic acids is 1. The van der Waals surface area contributed by atoms with Gasteiger partial charge < -0.3 is 9.73 Å². The number of halogens is 1. The number of aryl methyl sites for hydroxylation is 1. The van der Waals surface area contributed by atoms with Crippen molar-refractivity contribution in [3.05, 3.63) is 34.7 Å². The van der Waals surface area contributed by atoms with Crippen LogP contribution in [-0.4, -0.2) is 21.9 Å². The zero-order chi connectivity index (χ0) is 14.8. The van der Waals surface area contributed by atoms with Crippen molar-refractivity contribution in [1.29, 1.82) is 0 Å². The molecule has 1 fully saturated rings. The second kappa shape index (κ2) is 6.07. The van der Waals surface area contributed by atoms with E-state index in [1.54, 1.807) is 12.1 Å². The van der Waals surface area contributed by atoms with E-state index in [-0.39, 0.29) is 11.7 Å². The van der Waals surface area contributed by atoms with Crippen LogP contribution in [-0.2, 0) is 4.79 Å². The third-order valence-electron chi connectivity index (χ3n) is 3.14. The fourth-order valence-corrected chi connectivity index (χ4v) is 2.65.